The second kappa shape index (κ2) is 1.65. The highest BCUT2D eigenvalue weighted by Gasteiger charge is 2.92. The number of nitrogens with zero attached hydrogens (tertiary/aromatic N) is 1. The van der Waals surface area contributed by atoms with E-state index in [1.54, 1.807) is 0 Å². The fourth-order valence-corrected chi connectivity index (χ4v) is 3.58. The quantitative estimate of drug-likeness (QED) is 0.559. The van der Waals surface area contributed by atoms with Gasteiger partial charge in [0.1, 0.15) is 0 Å². The Morgan fingerprint density at radius 1 is 1.14 bits per heavy atom. The van der Waals surface area contributed by atoms with Gasteiger partial charge in [-0.2, -0.15) is 0 Å². The number of para-hydroxylation sites is 1. The summed E-state index contributed by atoms with van der Waals surface area (Å²) < 4.78 is 0. The van der Waals surface area contributed by atoms with Gasteiger partial charge in [-0.3, -0.25) is 0 Å². The Balaban J connectivity index is 1.99. The molecule has 1 saturated heterocycles. The van der Waals surface area contributed by atoms with Crippen LogP contribution in [0.1, 0.15) is 19.4 Å². The molecule has 1 saturated carbocycles. The van der Waals surface area contributed by atoms with E-state index in [9.17, 15) is 0 Å². The summed E-state index contributed by atoms with van der Waals surface area (Å²) in [6.45, 7) is 4.76. The van der Waals surface area contributed by atoms with Crippen LogP contribution >= 0.6 is 0 Å². The van der Waals surface area contributed by atoms with Gasteiger partial charge in [0.15, 0.2) is 0 Å². The maximum absolute atomic E-state index is 2.57. The minimum absolute atomic E-state index is 0.441. The Kier molecular flexibility index (Phi) is 0.835. The van der Waals surface area contributed by atoms with Crippen LogP contribution in [-0.4, -0.2) is 11.1 Å². The minimum Gasteiger partial charge on any atom is -0.354 e. The highest BCUT2D eigenvalue weighted by atomic mass is 15.6. The molecule has 2 fully saturated rings. The molecule has 70 valence electrons. The number of hydrogen-bond acceptors (Lipinski definition) is 1. The molecule has 0 N–H and O–H groups in total. The normalized spacial score (nSPS) is 45.3. The zero-order valence-corrected chi connectivity index (χ0v) is 8.49. The Hall–Kier alpha value is -1.24. The van der Waals surface area contributed by atoms with Crippen LogP contribution in [0.25, 0.3) is 6.08 Å². The van der Waals surface area contributed by atoms with Crippen LogP contribution in [0, 0.1) is 5.92 Å². The van der Waals surface area contributed by atoms with Crippen molar-refractivity contribution in [3.8, 4) is 0 Å². The lowest BCUT2D eigenvalue weighted by Gasteiger charge is -2.21. The summed E-state index contributed by atoms with van der Waals surface area (Å²) >= 11 is 0. The van der Waals surface area contributed by atoms with E-state index in [1.165, 1.54) is 11.3 Å². The van der Waals surface area contributed by atoms with Crippen LogP contribution in [0.2, 0.25) is 0 Å². The standard InChI is InChI=1S/C13H13N/c1-12-11-8-7-9-5-3-4-6-10(9)14(12)13(11,12)2/h3-8,11H,1-2H3. The van der Waals surface area contributed by atoms with Crippen molar-refractivity contribution in [2.75, 3.05) is 4.90 Å². The van der Waals surface area contributed by atoms with Crippen molar-refractivity contribution in [2.24, 2.45) is 5.92 Å². The van der Waals surface area contributed by atoms with E-state index in [-0.39, 0.29) is 0 Å². The summed E-state index contributed by atoms with van der Waals surface area (Å²) in [5, 5.41) is 0. The lowest BCUT2D eigenvalue weighted by Crippen LogP contribution is -2.24. The van der Waals surface area contributed by atoms with E-state index in [4.69, 9.17) is 0 Å². The fourth-order valence-electron chi connectivity index (χ4n) is 3.58. The topological polar surface area (TPSA) is 3.01 Å². The summed E-state index contributed by atoms with van der Waals surface area (Å²) in [6.07, 6.45) is 4.68. The Morgan fingerprint density at radius 3 is 2.64 bits per heavy atom. The molecule has 3 aliphatic rings. The SMILES string of the molecule is CC12C3C=Cc4ccccc4N1C32C. The summed E-state index contributed by atoms with van der Waals surface area (Å²) in [4.78, 5) is 2.57. The molecule has 0 bridgehead atoms. The van der Waals surface area contributed by atoms with Crippen LogP contribution in [0.5, 0.6) is 0 Å². The first-order valence-electron chi connectivity index (χ1n) is 5.28. The average molecular weight is 183 g/mol. The second-order valence-electron chi connectivity index (χ2n) is 5.03. The molecule has 1 aromatic carbocycles. The zero-order chi connectivity index (χ0) is 9.55. The summed E-state index contributed by atoms with van der Waals surface area (Å²) in [5.41, 5.74) is 3.68. The van der Waals surface area contributed by atoms with Gasteiger partial charge in [-0.05, 0) is 25.5 Å². The lowest BCUT2D eigenvalue weighted by molar-refractivity contribution is 0.664. The number of anilines is 1. The first-order valence-corrected chi connectivity index (χ1v) is 5.28. The van der Waals surface area contributed by atoms with Gasteiger partial charge in [0, 0.05) is 11.6 Å². The van der Waals surface area contributed by atoms with E-state index < -0.39 is 0 Å². The second-order valence-corrected chi connectivity index (χ2v) is 5.03. The number of benzene rings is 1. The molecule has 2 atom stereocenters. The molecule has 0 spiro atoms. The Bertz CT molecular complexity index is 460. The van der Waals surface area contributed by atoms with Crippen molar-refractivity contribution in [2.45, 2.75) is 24.9 Å². The monoisotopic (exact) mass is 183 g/mol. The molecule has 0 aromatic heterocycles. The third kappa shape index (κ3) is 0.449. The van der Waals surface area contributed by atoms with Crippen molar-refractivity contribution in [1.82, 2.24) is 0 Å². The molecule has 0 amide bonds. The number of rotatable bonds is 0. The lowest BCUT2D eigenvalue weighted by atomic mass is 10.2. The molecule has 1 aliphatic carbocycles. The van der Waals surface area contributed by atoms with Crippen LogP contribution in [0.3, 0.4) is 0 Å². The summed E-state index contributed by atoms with van der Waals surface area (Å²) in [6, 6.07) is 8.70. The maximum atomic E-state index is 2.57. The van der Waals surface area contributed by atoms with Crippen LogP contribution < -0.4 is 4.90 Å². The van der Waals surface area contributed by atoms with Crippen molar-refractivity contribution in [3.63, 3.8) is 0 Å². The highest BCUT2D eigenvalue weighted by Crippen LogP contribution is 2.80. The predicted molar refractivity (Wildman–Crippen MR) is 58.3 cm³/mol. The summed E-state index contributed by atoms with van der Waals surface area (Å²) in [5.74, 6) is 0.780. The highest BCUT2D eigenvalue weighted by molar-refractivity contribution is 5.86. The van der Waals surface area contributed by atoms with E-state index in [0.717, 1.165) is 5.92 Å². The first kappa shape index (κ1) is 7.10. The van der Waals surface area contributed by atoms with E-state index >= 15 is 0 Å². The third-order valence-corrected chi connectivity index (χ3v) is 4.68. The van der Waals surface area contributed by atoms with Gasteiger partial charge in [0.2, 0.25) is 0 Å². The molecular weight excluding hydrogens is 170 g/mol. The van der Waals surface area contributed by atoms with Gasteiger partial charge in [0.05, 0.1) is 11.1 Å². The largest absolute Gasteiger partial charge is 0.354 e. The zero-order valence-electron chi connectivity index (χ0n) is 8.49. The van der Waals surface area contributed by atoms with Crippen molar-refractivity contribution < 1.29 is 0 Å². The fraction of sp³-hybridized carbons (Fsp3) is 0.385. The van der Waals surface area contributed by atoms with Crippen LogP contribution in [0.4, 0.5) is 5.69 Å². The van der Waals surface area contributed by atoms with Crippen LogP contribution in [0.15, 0.2) is 30.3 Å². The molecular formula is C13H13N. The van der Waals surface area contributed by atoms with Crippen LogP contribution in [-0.2, 0) is 0 Å². The van der Waals surface area contributed by atoms with Gasteiger partial charge in [-0.1, -0.05) is 30.4 Å². The molecule has 2 heterocycles. The minimum atomic E-state index is 0.441. The molecule has 1 aromatic rings. The van der Waals surface area contributed by atoms with Crippen molar-refractivity contribution in [1.29, 1.82) is 0 Å². The first-order chi connectivity index (χ1) is 6.70. The van der Waals surface area contributed by atoms with E-state index in [1.807, 2.05) is 0 Å². The molecule has 4 rings (SSSR count). The van der Waals surface area contributed by atoms with E-state index in [0.29, 0.717) is 11.1 Å². The molecule has 2 unspecified atom stereocenters. The molecule has 14 heavy (non-hydrogen) atoms. The number of hydrogen-bond donors (Lipinski definition) is 0. The van der Waals surface area contributed by atoms with Gasteiger partial charge < -0.3 is 4.90 Å². The smallest absolute Gasteiger partial charge is 0.0702 e. The molecule has 1 heteroatoms. The van der Waals surface area contributed by atoms with Gasteiger partial charge >= 0.3 is 0 Å². The van der Waals surface area contributed by atoms with Gasteiger partial charge in [-0.25, -0.2) is 0 Å². The average Bonchev–Trinajstić information content (AvgIpc) is 2.92. The maximum Gasteiger partial charge on any atom is 0.0702 e. The van der Waals surface area contributed by atoms with Crippen molar-refractivity contribution in [3.05, 3.63) is 35.9 Å². The number of fused-ring (bicyclic) bond motifs is 4. The van der Waals surface area contributed by atoms with Gasteiger partial charge in [-0.15, -0.1) is 0 Å². The van der Waals surface area contributed by atoms with Gasteiger partial charge in [0.25, 0.3) is 0 Å². The van der Waals surface area contributed by atoms with E-state index in [2.05, 4.69) is 55.2 Å². The Labute approximate surface area is 84.0 Å². The van der Waals surface area contributed by atoms with Crippen molar-refractivity contribution >= 4 is 11.8 Å². The summed E-state index contributed by atoms with van der Waals surface area (Å²) in [7, 11) is 0. The molecule has 1 nitrogen and oxygen atoms in total. The molecule has 2 aliphatic heterocycles. The Morgan fingerprint density at radius 2 is 1.86 bits per heavy atom. The molecule has 0 radical (unpaired) electrons. The third-order valence-electron chi connectivity index (χ3n) is 4.68. The predicted octanol–water partition coefficient (Wildman–Crippen LogP) is 2.68.